The van der Waals surface area contributed by atoms with E-state index in [9.17, 15) is 33.4 Å². The number of carboxylic acid groups (broad SMARTS) is 1. The van der Waals surface area contributed by atoms with Crippen LogP contribution in [-0.2, 0) is 11.8 Å². The van der Waals surface area contributed by atoms with Crippen molar-refractivity contribution in [1.82, 2.24) is 9.88 Å². The van der Waals surface area contributed by atoms with Crippen LogP contribution < -0.4 is 16.2 Å². The average Bonchev–Trinajstić information content (AvgIpc) is 3.30. The zero-order valence-electron chi connectivity index (χ0n) is 18.2. The van der Waals surface area contributed by atoms with Crippen LogP contribution in [0.1, 0.15) is 18.0 Å². The summed E-state index contributed by atoms with van der Waals surface area (Å²) in [6, 6.07) is 8.92. The Bertz CT molecular complexity index is 1520. The molecule has 2 aromatic heterocycles. The molecule has 0 aliphatic rings. The van der Waals surface area contributed by atoms with Crippen molar-refractivity contribution in [2.45, 2.75) is 12.5 Å². The molecule has 0 saturated heterocycles. The van der Waals surface area contributed by atoms with Gasteiger partial charge in [-0.15, -0.1) is 11.3 Å². The van der Waals surface area contributed by atoms with Gasteiger partial charge in [0.2, 0.25) is 0 Å². The number of hydrogen-bond donors (Lipinski definition) is 4. The molecule has 0 spiro atoms. The number of halogens is 2. The molecular formula is C24H19F2N3O5S. The third-order valence-electron chi connectivity index (χ3n) is 5.43. The summed E-state index contributed by atoms with van der Waals surface area (Å²) in [4.78, 5) is 36.9. The molecule has 0 aliphatic heterocycles. The molecule has 4 N–H and O–H groups in total. The van der Waals surface area contributed by atoms with Crippen LogP contribution in [0.25, 0.3) is 21.3 Å². The molecule has 2 aromatic carbocycles. The van der Waals surface area contributed by atoms with Crippen LogP contribution in [0.4, 0.5) is 19.3 Å². The second kappa shape index (κ2) is 9.55. The van der Waals surface area contributed by atoms with E-state index in [0.29, 0.717) is 21.3 Å². The van der Waals surface area contributed by atoms with Crippen molar-refractivity contribution in [1.29, 1.82) is 0 Å². The first-order valence-corrected chi connectivity index (χ1v) is 11.2. The van der Waals surface area contributed by atoms with Crippen molar-refractivity contribution in [2.75, 3.05) is 5.32 Å². The van der Waals surface area contributed by atoms with Crippen molar-refractivity contribution >= 4 is 39.2 Å². The number of urea groups is 1. The molecular weight excluding hydrogens is 480 g/mol. The molecule has 1 unspecified atom stereocenters. The first-order chi connectivity index (χ1) is 16.7. The number of aromatic nitrogens is 1. The number of aliphatic carboxylic acids is 1. The summed E-state index contributed by atoms with van der Waals surface area (Å²) in [5.41, 5.74) is 0.298. The normalized spacial score (nSPS) is 11.9. The predicted octanol–water partition coefficient (Wildman–Crippen LogP) is 4.59. The topological polar surface area (TPSA) is 121 Å². The van der Waals surface area contributed by atoms with Gasteiger partial charge in [0.1, 0.15) is 11.6 Å². The summed E-state index contributed by atoms with van der Waals surface area (Å²) >= 11 is 1.19. The van der Waals surface area contributed by atoms with Gasteiger partial charge >= 0.3 is 12.0 Å². The summed E-state index contributed by atoms with van der Waals surface area (Å²) in [6.07, 6.45) is -0.517. The Balaban J connectivity index is 1.63. The second-order valence-corrected chi connectivity index (χ2v) is 8.64. The zero-order valence-corrected chi connectivity index (χ0v) is 19.0. The molecule has 2 heterocycles. The van der Waals surface area contributed by atoms with E-state index in [4.69, 9.17) is 0 Å². The standard InChI is InChI=1S/C24H19F2N3O5S/c1-29-18-7-8-35-22(18)21(32)20(23(29)33)28-24(34)27-17(11-19(30)31)13-4-2-3-12(9-13)15-6-5-14(25)10-16(15)26/h2-10,17,32H,11H2,1H3,(H,30,31)(H2,27,28,34). The number of aryl methyl sites for hydroxylation is 1. The van der Waals surface area contributed by atoms with Gasteiger partial charge in [0.05, 0.1) is 22.7 Å². The number of thiophene rings is 1. The van der Waals surface area contributed by atoms with Gasteiger partial charge in [-0.05, 0) is 40.8 Å². The Labute approximate surface area is 201 Å². The summed E-state index contributed by atoms with van der Waals surface area (Å²) < 4.78 is 29.2. The maximum absolute atomic E-state index is 14.3. The van der Waals surface area contributed by atoms with Gasteiger partial charge in [0, 0.05) is 18.7 Å². The number of hydrogen-bond acceptors (Lipinski definition) is 5. The van der Waals surface area contributed by atoms with E-state index in [1.54, 1.807) is 29.6 Å². The minimum atomic E-state index is -1.22. The molecule has 35 heavy (non-hydrogen) atoms. The summed E-state index contributed by atoms with van der Waals surface area (Å²) in [5.74, 6) is -3.14. The van der Waals surface area contributed by atoms with Crippen LogP contribution >= 0.6 is 11.3 Å². The molecule has 1 atom stereocenters. The molecule has 4 rings (SSSR count). The minimum absolute atomic E-state index is 0.101. The van der Waals surface area contributed by atoms with E-state index >= 15 is 0 Å². The molecule has 180 valence electrons. The van der Waals surface area contributed by atoms with Crippen molar-refractivity contribution in [3.05, 3.63) is 81.5 Å². The van der Waals surface area contributed by atoms with Crippen molar-refractivity contribution < 1.29 is 28.6 Å². The van der Waals surface area contributed by atoms with Crippen LogP contribution in [0.15, 0.2) is 58.7 Å². The molecule has 8 nitrogen and oxygen atoms in total. The Morgan fingerprint density at radius 3 is 2.63 bits per heavy atom. The largest absolute Gasteiger partial charge is 0.504 e. The van der Waals surface area contributed by atoms with Gasteiger partial charge in [-0.2, -0.15) is 0 Å². The van der Waals surface area contributed by atoms with Crippen molar-refractivity contribution in [3.63, 3.8) is 0 Å². The van der Waals surface area contributed by atoms with Crippen molar-refractivity contribution in [3.8, 4) is 16.9 Å². The minimum Gasteiger partial charge on any atom is -0.504 e. The number of carbonyl (C=O) groups excluding carboxylic acids is 1. The van der Waals surface area contributed by atoms with E-state index in [-0.39, 0.29) is 11.3 Å². The fraction of sp³-hybridized carbons (Fsp3) is 0.125. The lowest BCUT2D eigenvalue weighted by Crippen LogP contribution is -2.36. The van der Waals surface area contributed by atoms with Gasteiger partial charge in [-0.3, -0.25) is 9.59 Å². The third-order valence-corrected chi connectivity index (χ3v) is 6.34. The molecule has 4 aromatic rings. The first kappa shape index (κ1) is 23.9. The number of fused-ring (bicyclic) bond motifs is 1. The van der Waals surface area contributed by atoms with Crippen LogP contribution in [0.2, 0.25) is 0 Å². The first-order valence-electron chi connectivity index (χ1n) is 10.3. The highest BCUT2D eigenvalue weighted by Gasteiger charge is 2.22. The lowest BCUT2D eigenvalue weighted by molar-refractivity contribution is -0.137. The van der Waals surface area contributed by atoms with E-state index in [1.165, 1.54) is 35.1 Å². The zero-order chi connectivity index (χ0) is 25.3. The van der Waals surface area contributed by atoms with Gasteiger partial charge in [0.25, 0.3) is 5.56 Å². The highest BCUT2D eigenvalue weighted by Crippen LogP contribution is 2.33. The maximum atomic E-state index is 14.3. The fourth-order valence-corrected chi connectivity index (χ4v) is 4.60. The molecule has 0 saturated carbocycles. The van der Waals surface area contributed by atoms with Crippen LogP contribution in [-0.4, -0.2) is 26.8 Å². The monoisotopic (exact) mass is 499 g/mol. The maximum Gasteiger partial charge on any atom is 0.319 e. The van der Waals surface area contributed by atoms with Gasteiger partial charge in [-0.1, -0.05) is 18.2 Å². The SMILES string of the molecule is Cn1c(=O)c(NC(=O)NC(CC(=O)O)c2cccc(-c3ccc(F)cc3F)c2)c(O)c2sccc21. The molecule has 11 heteroatoms. The van der Waals surface area contributed by atoms with Crippen molar-refractivity contribution in [2.24, 2.45) is 7.05 Å². The van der Waals surface area contributed by atoms with E-state index < -0.39 is 47.4 Å². The van der Waals surface area contributed by atoms with Gasteiger partial charge < -0.3 is 25.4 Å². The van der Waals surface area contributed by atoms with Crippen LogP contribution in [0.3, 0.4) is 0 Å². The summed E-state index contributed by atoms with van der Waals surface area (Å²) in [5, 5.41) is 26.4. The Kier molecular flexibility index (Phi) is 6.52. The number of benzene rings is 2. The summed E-state index contributed by atoms with van der Waals surface area (Å²) in [6.45, 7) is 0. The number of nitrogens with zero attached hydrogens (tertiary/aromatic N) is 1. The Morgan fingerprint density at radius 1 is 1.14 bits per heavy atom. The lowest BCUT2D eigenvalue weighted by atomic mass is 9.97. The molecule has 0 fully saturated rings. The van der Waals surface area contributed by atoms with E-state index in [0.717, 1.165) is 12.1 Å². The molecule has 0 bridgehead atoms. The van der Waals surface area contributed by atoms with Gasteiger partial charge in [0.15, 0.2) is 11.4 Å². The Hall–Kier alpha value is -4.25. The quantitative estimate of drug-likeness (QED) is 0.309. The lowest BCUT2D eigenvalue weighted by Gasteiger charge is -2.19. The van der Waals surface area contributed by atoms with Gasteiger partial charge in [-0.25, -0.2) is 13.6 Å². The Morgan fingerprint density at radius 2 is 1.91 bits per heavy atom. The highest BCUT2D eigenvalue weighted by molar-refractivity contribution is 7.17. The molecule has 0 radical (unpaired) electrons. The number of carbonyl (C=O) groups is 2. The van der Waals surface area contributed by atoms with E-state index in [2.05, 4.69) is 10.6 Å². The molecule has 0 aliphatic carbocycles. The van der Waals surface area contributed by atoms with Crippen LogP contribution in [0, 0.1) is 11.6 Å². The predicted molar refractivity (Wildman–Crippen MR) is 128 cm³/mol. The number of aromatic hydroxyl groups is 1. The highest BCUT2D eigenvalue weighted by atomic mass is 32.1. The number of carboxylic acids is 1. The number of anilines is 1. The number of amides is 2. The molecule has 2 amide bonds. The average molecular weight is 499 g/mol. The number of pyridine rings is 1. The second-order valence-electron chi connectivity index (χ2n) is 7.72. The number of nitrogens with one attached hydrogen (secondary N) is 2. The smallest absolute Gasteiger partial charge is 0.319 e. The van der Waals surface area contributed by atoms with Crippen LogP contribution in [0.5, 0.6) is 5.75 Å². The fourth-order valence-electron chi connectivity index (χ4n) is 3.73. The third kappa shape index (κ3) is 4.85. The van der Waals surface area contributed by atoms with E-state index in [1.807, 2.05) is 0 Å². The summed E-state index contributed by atoms with van der Waals surface area (Å²) in [7, 11) is 1.49. The number of rotatable bonds is 6.